The van der Waals surface area contributed by atoms with E-state index in [4.69, 9.17) is 0 Å². The first-order valence-electron chi connectivity index (χ1n) is 5.05. The third-order valence-corrected chi connectivity index (χ3v) is 5.09. The molecule has 88 valence electrons. The summed E-state index contributed by atoms with van der Waals surface area (Å²) in [7, 11) is 0. The average molecular weight is 374 g/mol. The van der Waals surface area contributed by atoms with Crippen molar-refractivity contribution in [1.29, 1.82) is 0 Å². The van der Waals surface area contributed by atoms with Gasteiger partial charge in [-0.2, -0.15) is 0 Å². The van der Waals surface area contributed by atoms with Crippen LogP contribution in [0.25, 0.3) is 0 Å². The minimum absolute atomic E-state index is 0.0741. The summed E-state index contributed by atoms with van der Waals surface area (Å²) in [6, 6.07) is 5.80. The molecule has 1 aromatic heterocycles. The minimum atomic E-state index is 0.0741. The van der Waals surface area contributed by atoms with E-state index in [1.54, 1.807) is 0 Å². The molecule has 0 bridgehead atoms. The third kappa shape index (κ3) is 2.54. The predicted molar refractivity (Wildman–Crippen MR) is 79.1 cm³/mol. The van der Waals surface area contributed by atoms with Crippen molar-refractivity contribution in [1.82, 2.24) is 0 Å². The van der Waals surface area contributed by atoms with Gasteiger partial charge >= 0.3 is 0 Å². The smallest absolute Gasteiger partial charge is 0.204 e. The molecule has 0 radical (unpaired) electrons. The van der Waals surface area contributed by atoms with Crippen LogP contribution in [-0.2, 0) is 0 Å². The van der Waals surface area contributed by atoms with Gasteiger partial charge in [0.05, 0.1) is 4.88 Å². The molecular formula is C13H10Br2OS. The Morgan fingerprint density at radius 2 is 1.82 bits per heavy atom. The van der Waals surface area contributed by atoms with Gasteiger partial charge in [0.1, 0.15) is 0 Å². The molecule has 17 heavy (non-hydrogen) atoms. The van der Waals surface area contributed by atoms with Crippen LogP contribution in [0.5, 0.6) is 0 Å². The summed E-state index contributed by atoms with van der Waals surface area (Å²) in [6.07, 6.45) is 0. The maximum absolute atomic E-state index is 12.4. The van der Waals surface area contributed by atoms with E-state index in [1.165, 1.54) is 11.3 Å². The molecule has 1 nitrogen and oxygen atoms in total. The Bertz CT molecular complexity index is 587. The summed E-state index contributed by atoms with van der Waals surface area (Å²) in [5, 5.41) is 1.94. The largest absolute Gasteiger partial charge is 0.288 e. The van der Waals surface area contributed by atoms with E-state index < -0.39 is 0 Å². The van der Waals surface area contributed by atoms with Crippen molar-refractivity contribution in [2.75, 3.05) is 0 Å². The summed E-state index contributed by atoms with van der Waals surface area (Å²) in [5.74, 6) is 0.0741. The molecule has 0 aliphatic rings. The topological polar surface area (TPSA) is 17.1 Å². The maximum Gasteiger partial charge on any atom is 0.204 e. The normalized spacial score (nSPS) is 10.6. The van der Waals surface area contributed by atoms with E-state index in [2.05, 4.69) is 31.9 Å². The van der Waals surface area contributed by atoms with Crippen LogP contribution in [-0.4, -0.2) is 5.78 Å². The number of benzene rings is 1. The molecule has 0 amide bonds. The number of rotatable bonds is 2. The van der Waals surface area contributed by atoms with Gasteiger partial charge in [0.15, 0.2) is 0 Å². The number of ketones is 1. The number of hydrogen-bond donors (Lipinski definition) is 0. The Kier molecular flexibility index (Phi) is 3.85. The van der Waals surface area contributed by atoms with E-state index in [9.17, 15) is 4.79 Å². The second-order valence-electron chi connectivity index (χ2n) is 3.84. The number of carbonyl (C=O) groups is 1. The minimum Gasteiger partial charge on any atom is -0.288 e. The molecule has 0 fully saturated rings. The van der Waals surface area contributed by atoms with Gasteiger partial charge < -0.3 is 0 Å². The van der Waals surface area contributed by atoms with E-state index in [1.807, 2.05) is 37.4 Å². The Balaban J connectivity index is 2.52. The first kappa shape index (κ1) is 13.0. The summed E-state index contributed by atoms with van der Waals surface area (Å²) >= 11 is 8.40. The molecule has 1 heterocycles. The second-order valence-corrected chi connectivity index (χ2v) is 6.47. The fourth-order valence-electron chi connectivity index (χ4n) is 1.55. The molecule has 2 aromatic rings. The Labute approximate surface area is 121 Å². The van der Waals surface area contributed by atoms with Gasteiger partial charge in [0, 0.05) is 14.5 Å². The monoisotopic (exact) mass is 372 g/mol. The van der Waals surface area contributed by atoms with Crippen molar-refractivity contribution in [3.8, 4) is 0 Å². The van der Waals surface area contributed by atoms with Crippen LogP contribution in [0.4, 0.5) is 0 Å². The Hall–Kier alpha value is -0.450. The number of thiophene rings is 1. The van der Waals surface area contributed by atoms with Crippen LogP contribution in [0.3, 0.4) is 0 Å². The van der Waals surface area contributed by atoms with Crippen molar-refractivity contribution in [2.45, 2.75) is 13.8 Å². The standard InChI is InChI=1S/C13H10Br2OS/c1-7-3-4-17-13(7)12(16)9-6-10(14)8(2)5-11(9)15/h3-6H,1-2H3. The van der Waals surface area contributed by atoms with Crippen molar-refractivity contribution < 1.29 is 4.79 Å². The van der Waals surface area contributed by atoms with Gasteiger partial charge in [-0.3, -0.25) is 4.79 Å². The quantitative estimate of drug-likeness (QED) is 0.667. The molecule has 0 aliphatic carbocycles. The fourth-order valence-corrected chi connectivity index (χ4v) is 3.41. The SMILES string of the molecule is Cc1cc(Br)c(C(=O)c2sccc2C)cc1Br. The second kappa shape index (κ2) is 5.04. The molecule has 0 spiro atoms. The zero-order valence-electron chi connectivity index (χ0n) is 9.38. The molecule has 2 rings (SSSR count). The summed E-state index contributed by atoms with van der Waals surface area (Å²) < 4.78 is 1.80. The number of carbonyl (C=O) groups excluding carboxylic acids is 1. The zero-order valence-corrected chi connectivity index (χ0v) is 13.4. The van der Waals surface area contributed by atoms with Gasteiger partial charge in [-0.1, -0.05) is 31.9 Å². The highest BCUT2D eigenvalue weighted by atomic mass is 79.9. The first-order valence-corrected chi connectivity index (χ1v) is 7.51. The lowest BCUT2D eigenvalue weighted by atomic mass is 10.1. The van der Waals surface area contributed by atoms with Gasteiger partial charge in [0.2, 0.25) is 5.78 Å². The summed E-state index contributed by atoms with van der Waals surface area (Å²) in [6.45, 7) is 3.96. The van der Waals surface area contributed by atoms with Crippen LogP contribution in [0.1, 0.15) is 26.4 Å². The van der Waals surface area contributed by atoms with Gasteiger partial charge in [-0.25, -0.2) is 0 Å². The van der Waals surface area contributed by atoms with E-state index in [0.29, 0.717) is 5.56 Å². The Morgan fingerprint density at radius 3 is 2.41 bits per heavy atom. The van der Waals surface area contributed by atoms with Crippen LogP contribution in [0, 0.1) is 13.8 Å². The summed E-state index contributed by atoms with van der Waals surface area (Å²) in [4.78, 5) is 13.2. The zero-order chi connectivity index (χ0) is 12.6. The highest BCUT2D eigenvalue weighted by Crippen LogP contribution is 2.29. The van der Waals surface area contributed by atoms with Crippen molar-refractivity contribution in [2.24, 2.45) is 0 Å². The highest BCUT2D eigenvalue weighted by molar-refractivity contribution is 9.11. The number of aryl methyl sites for hydroxylation is 2. The molecule has 0 saturated heterocycles. The van der Waals surface area contributed by atoms with Gasteiger partial charge in [-0.15, -0.1) is 11.3 Å². The predicted octanol–water partition coefficient (Wildman–Crippen LogP) is 5.12. The van der Waals surface area contributed by atoms with Crippen LogP contribution in [0.2, 0.25) is 0 Å². The summed E-state index contributed by atoms with van der Waals surface area (Å²) in [5.41, 5.74) is 2.84. The van der Waals surface area contributed by atoms with Crippen molar-refractivity contribution >= 4 is 49.0 Å². The van der Waals surface area contributed by atoms with Crippen LogP contribution >= 0.6 is 43.2 Å². The van der Waals surface area contributed by atoms with Crippen LogP contribution in [0.15, 0.2) is 32.5 Å². The number of hydrogen-bond acceptors (Lipinski definition) is 2. The molecule has 1 aromatic carbocycles. The lowest BCUT2D eigenvalue weighted by Crippen LogP contribution is -2.02. The molecule has 0 aliphatic heterocycles. The molecule has 0 unspecified atom stereocenters. The van der Waals surface area contributed by atoms with E-state index in [0.717, 1.165) is 24.9 Å². The Morgan fingerprint density at radius 1 is 1.12 bits per heavy atom. The lowest BCUT2D eigenvalue weighted by Gasteiger charge is -2.06. The third-order valence-electron chi connectivity index (χ3n) is 2.56. The molecular weight excluding hydrogens is 364 g/mol. The van der Waals surface area contributed by atoms with Gasteiger partial charge in [0.25, 0.3) is 0 Å². The van der Waals surface area contributed by atoms with E-state index in [-0.39, 0.29) is 5.78 Å². The maximum atomic E-state index is 12.4. The number of halogens is 2. The first-order chi connectivity index (χ1) is 8.00. The molecule has 0 atom stereocenters. The van der Waals surface area contributed by atoms with Crippen molar-refractivity contribution in [3.63, 3.8) is 0 Å². The molecule has 0 N–H and O–H groups in total. The molecule has 0 saturated carbocycles. The fraction of sp³-hybridized carbons (Fsp3) is 0.154. The average Bonchev–Trinajstić information content (AvgIpc) is 2.69. The van der Waals surface area contributed by atoms with Crippen molar-refractivity contribution in [3.05, 3.63) is 54.1 Å². The van der Waals surface area contributed by atoms with E-state index >= 15 is 0 Å². The molecule has 4 heteroatoms. The lowest BCUT2D eigenvalue weighted by molar-refractivity contribution is 0.104. The highest BCUT2D eigenvalue weighted by Gasteiger charge is 2.17. The van der Waals surface area contributed by atoms with Gasteiger partial charge in [-0.05, 0) is 48.6 Å². The van der Waals surface area contributed by atoms with Crippen LogP contribution < -0.4 is 0 Å².